The molecule has 0 amide bonds. The molecule has 0 spiro atoms. The largest absolute Gasteiger partial charge is 0.396 e. The molecule has 0 unspecified atom stereocenters. The van der Waals surface area contributed by atoms with Gasteiger partial charge < -0.3 is 5.73 Å². The van der Waals surface area contributed by atoms with Gasteiger partial charge in [0.25, 0.3) is 0 Å². The Morgan fingerprint density at radius 3 is 2.06 bits per heavy atom. The van der Waals surface area contributed by atoms with Gasteiger partial charge in [-0.1, -0.05) is 34.8 Å². The SMILES string of the molecule is Nc1cc(-c2cc(Cl)cc(Cl)c2)cnc1Cl. The Balaban J connectivity index is 2.54. The molecule has 82 valence electrons. The molecule has 0 atom stereocenters. The molecule has 2 nitrogen and oxygen atoms in total. The van der Waals surface area contributed by atoms with Gasteiger partial charge in [-0.3, -0.25) is 0 Å². The summed E-state index contributed by atoms with van der Waals surface area (Å²) < 4.78 is 0. The second-order valence-electron chi connectivity index (χ2n) is 3.26. The summed E-state index contributed by atoms with van der Waals surface area (Å²) in [5, 5.41) is 1.42. The van der Waals surface area contributed by atoms with Crippen molar-refractivity contribution in [3.63, 3.8) is 0 Å². The quantitative estimate of drug-likeness (QED) is 0.787. The number of rotatable bonds is 1. The molecule has 2 rings (SSSR count). The van der Waals surface area contributed by atoms with Gasteiger partial charge in [-0.2, -0.15) is 0 Å². The highest BCUT2D eigenvalue weighted by Gasteiger charge is 2.04. The van der Waals surface area contributed by atoms with Crippen molar-refractivity contribution in [3.05, 3.63) is 45.7 Å². The summed E-state index contributed by atoms with van der Waals surface area (Å²) in [6, 6.07) is 6.98. The highest BCUT2D eigenvalue weighted by molar-refractivity contribution is 6.35. The average molecular weight is 274 g/mol. The van der Waals surface area contributed by atoms with Gasteiger partial charge in [0.15, 0.2) is 5.15 Å². The van der Waals surface area contributed by atoms with Gasteiger partial charge in [-0.05, 0) is 29.8 Å². The first-order chi connectivity index (χ1) is 7.56. The number of hydrogen-bond acceptors (Lipinski definition) is 2. The Bertz CT molecular complexity index is 520. The van der Waals surface area contributed by atoms with Gasteiger partial charge in [0.05, 0.1) is 5.69 Å². The molecule has 0 aliphatic rings. The van der Waals surface area contributed by atoms with E-state index in [1.165, 1.54) is 0 Å². The van der Waals surface area contributed by atoms with Crippen LogP contribution in [0.15, 0.2) is 30.5 Å². The van der Waals surface area contributed by atoms with E-state index in [-0.39, 0.29) is 5.15 Å². The number of hydrogen-bond donors (Lipinski definition) is 1. The molecule has 0 saturated carbocycles. The summed E-state index contributed by atoms with van der Waals surface area (Å²) in [5.74, 6) is 0. The lowest BCUT2D eigenvalue weighted by Crippen LogP contribution is -1.90. The minimum Gasteiger partial charge on any atom is -0.396 e. The van der Waals surface area contributed by atoms with Crippen LogP contribution in [0.4, 0.5) is 5.69 Å². The van der Waals surface area contributed by atoms with Crippen LogP contribution in [-0.2, 0) is 0 Å². The monoisotopic (exact) mass is 272 g/mol. The first-order valence-corrected chi connectivity index (χ1v) is 5.57. The predicted molar refractivity (Wildman–Crippen MR) is 69.1 cm³/mol. The van der Waals surface area contributed by atoms with Crippen molar-refractivity contribution < 1.29 is 0 Å². The van der Waals surface area contributed by atoms with Gasteiger partial charge in [0.1, 0.15) is 0 Å². The second kappa shape index (κ2) is 4.50. The molecule has 0 aliphatic heterocycles. The molecular weight excluding hydrogens is 266 g/mol. The third-order valence-corrected chi connectivity index (χ3v) is 2.81. The summed E-state index contributed by atoms with van der Waals surface area (Å²) in [6.45, 7) is 0. The average Bonchev–Trinajstić information content (AvgIpc) is 2.20. The van der Waals surface area contributed by atoms with E-state index in [1.54, 1.807) is 30.5 Å². The Labute approximate surface area is 108 Å². The lowest BCUT2D eigenvalue weighted by atomic mass is 10.1. The fraction of sp³-hybridized carbons (Fsp3) is 0. The molecule has 2 N–H and O–H groups in total. The lowest BCUT2D eigenvalue weighted by molar-refractivity contribution is 1.33. The molecule has 16 heavy (non-hydrogen) atoms. The van der Waals surface area contributed by atoms with E-state index in [0.717, 1.165) is 11.1 Å². The number of pyridine rings is 1. The number of nitrogens with two attached hydrogens (primary N) is 1. The van der Waals surface area contributed by atoms with Crippen molar-refractivity contribution in [3.8, 4) is 11.1 Å². The van der Waals surface area contributed by atoms with Crippen LogP contribution in [0, 0.1) is 0 Å². The van der Waals surface area contributed by atoms with Crippen molar-refractivity contribution in [2.75, 3.05) is 5.73 Å². The van der Waals surface area contributed by atoms with Crippen molar-refractivity contribution >= 4 is 40.5 Å². The summed E-state index contributed by atoms with van der Waals surface area (Å²) in [7, 11) is 0. The van der Waals surface area contributed by atoms with Gasteiger partial charge in [-0.15, -0.1) is 0 Å². The molecule has 0 saturated heterocycles. The minimum atomic E-state index is 0.289. The van der Waals surface area contributed by atoms with Gasteiger partial charge in [0.2, 0.25) is 0 Å². The van der Waals surface area contributed by atoms with E-state index in [1.807, 2.05) is 0 Å². The topological polar surface area (TPSA) is 38.9 Å². The number of aromatic nitrogens is 1. The number of halogens is 3. The Morgan fingerprint density at radius 2 is 1.50 bits per heavy atom. The highest BCUT2D eigenvalue weighted by Crippen LogP contribution is 2.29. The van der Waals surface area contributed by atoms with Crippen molar-refractivity contribution in [1.82, 2.24) is 4.98 Å². The van der Waals surface area contributed by atoms with Gasteiger partial charge >= 0.3 is 0 Å². The van der Waals surface area contributed by atoms with E-state index in [9.17, 15) is 0 Å². The van der Waals surface area contributed by atoms with Crippen molar-refractivity contribution in [2.24, 2.45) is 0 Å². The molecular formula is C11H7Cl3N2. The van der Waals surface area contributed by atoms with Crippen molar-refractivity contribution in [2.45, 2.75) is 0 Å². The Hall–Kier alpha value is -0.960. The van der Waals surface area contributed by atoms with Crippen LogP contribution in [0.5, 0.6) is 0 Å². The van der Waals surface area contributed by atoms with Gasteiger partial charge in [-0.25, -0.2) is 4.98 Å². The summed E-state index contributed by atoms with van der Waals surface area (Å²) >= 11 is 17.6. The zero-order valence-electron chi connectivity index (χ0n) is 8.05. The molecule has 2 aromatic rings. The fourth-order valence-electron chi connectivity index (χ4n) is 1.34. The summed E-state index contributed by atoms with van der Waals surface area (Å²) in [5.41, 5.74) is 7.78. The molecule has 0 fully saturated rings. The summed E-state index contributed by atoms with van der Waals surface area (Å²) in [6.07, 6.45) is 1.63. The highest BCUT2D eigenvalue weighted by atomic mass is 35.5. The maximum atomic E-state index is 5.91. The lowest BCUT2D eigenvalue weighted by Gasteiger charge is -2.05. The predicted octanol–water partition coefficient (Wildman–Crippen LogP) is 4.29. The normalized spacial score (nSPS) is 10.4. The van der Waals surface area contributed by atoms with Crippen LogP contribution in [0.25, 0.3) is 11.1 Å². The standard InChI is InChI=1S/C11H7Cl3N2/c12-8-1-6(2-9(13)4-8)7-3-10(15)11(14)16-5-7/h1-5H,15H2. The summed E-state index contributed by atoms with van der Waals surface area (Å²) in [4.78, 5) is 3.97. The smallest absolute Gasteiger partial charge is 0.151 e. The number of nitrogen functional groups attached to an aromatic ring is 1. The molecule has 5 heteroatoms. The van der Waals surface area contributed by atoms with Crippen molar-refractivity contribution in [1.29, 1.82) is 0 Å². The third kappa shape index (κ3) is 2.40. The van der Waals surface area contributed by atoms with Crippen LogP contribution < -0.4 is 5.73 Å². The molecule has 1 heterocycles. The number of benzene rings is 1. The minimum absolute atomic E-state index is 0.289. The number of nitrogens with zero attached hydrogens (tertiary/aromatic N) is 1. The van der Waals surface area contributed by atoms with E-state index in [4.69, 9.17) is 40.5 Å². The van der Waals surface area contributed by atoms with Crippen LogP contribution in [0.1, 0.15) is 0 Å². The fourth-order valence-corrected chi connectivity index (χ4v) is 1.97. The molecule has 0 radical (unpaired) electrons. The van der Waals surface area contributed by atoms with Crippen LogP contribution in [-0.4, -0.2) is 4.98 Å². The van der Waals surface area contributed by atoms with E-state index >= 15 is 0 Å². The molecule has 0 aliphatic carbocycles. The maximum Gasteiger partial charge on any atom is 0.151 e. The second-order valence-corrected chi connectivity index (χ2v) is 4.49. The Kier molecular flexibility index (Phi) is 3.24. The number of anilines is 1. The van der Waals surface area contributed by atoms with Crippen LogP contribution in [0.3, 0.4) is 0 Å². The van der Waals surface area contributed by atoms with Crippen LogP contribution in [0.2, 0.25) is 15.2 Å². The Morgan fingerprint density at radius 1 is 0.875 bits per heavy atom. The van der Waals surface area contributed by atoms with E-state index in [2.05, 4.69) is 4.98 Å². The molecule has 1 aromatic carbocycles. The van der Waals surface area contributed by atoms with E-state index < -0.39 is 0 Å². The van der Waals surface area contributed by atoms with Crippen LogP contribution >= 0.6 is 34.8 Å². The maximum absolute atomic E-state index is 5.91. The third-order valence-electron chi connectivity index (χ3n) is 2.06. The first kappa shape index (κ1) is 11.5. The van der Waals surface area contributed by atoms with Gasteiger partial charge in [0, 0.05) is 21.8 Å². The first-order valence-electron chi connectivity index (χ1n) is 4.44. The molecule has 0 bridgehead atoms. The zero-order valence-corrected chi connectivity index (χ0v) is 10.3. The van der Waals surface area contributed by atoms with E-state index in [0.29, 0.717) is 15.7 Å². The molecule has 1 aromatic heterocycles. The zero-order chi connectivity index (χ0) is 11.7.